The van der Waals surface area contributed by atoms with Crippen LogP contribution < -0.4 is 10.1 Å². The molecule has 0 heterocycles. The molecule has 2 aromatic rings. The molecule has 0 aromatic heterocycles. The molecule has 174 valence electrons. The molecule has 2 aromatic carbocycles. The number of nitrogens with one attached hydrogen (secondary N) is 1. The maximum absolute atomic E-state index is 13.2. The van der Waals surface area contributed by atoms with Gasteiger partial charge < -0.3 is 15.0 Å². The Morgan fingerprint density at radius 2 is 1.59 bits per heavy atom. The largest absolute Gasteiger partial charge is 0.484 e. The molecular weight excluding hydrogens is 424 g/mol. The third-order valence-electron chi connectivity index (χ3n) is 5.56. The molecular formula is C26H35ClN2O3. The maximum Gasteiger partial charge on any atom is 0.261 e. The second-order valence-corrected chi connectivity index (χ2v) is 8.84. The number of nitrogens with zero attached hydrogens (tertiary/aromatic N) is 1. The van der Waals surface area contributed by atoms with Gasteiger partial charge in [0.25, 0.3) is 5.91 Å². The van der Waals surface area contributed by atoms with Crippen molar-refractivity contribution >= 4 is 23.4 Å². The zero-order valence-electron chi connectivity index (χ0n) is 19.7. The van der Waals surface area contributed by atoms with E-state index in [1.165, 1.54) is 5.56 Å². The summed E-state index contributed by atoms with van der Waals surface area (Å²) >= 11 is 6.01. The molecule has 2 atom stereocenters. The second kappa shape index (κ2) is 12.5. The van der Waals surface area contributed by atoms with Crippen LogP contribution in [0.1, 0.15) is 64.5 Å². The Labute approximate surface area is 197 Å². The van der Waals surface area contributed by atoms with E-state index in [4.69, 9.17) is 16.3 Å². The van der Waals surface area contributed by atoms with Crippen LogP contribution in [0, 0.1) is 0 Å². The lowest BCUT2D eigenvalue weighted by molar-refractivity contribution is -0.143. The number of benzene rings is 2. The molecule has 2 rings (SSSR count). The zero-order valence-corrected chi connectivity index (χ0v) is 20.5. The Morgan fingerprint density at radius 1 is 0.969 bits per heavy atom. The summed E-state index contributed by atoms with van der Waals surface area (Å²) in [7, 11) is 0. The van der Waals surface area contributed by atoms with Gasteiger partial charge in [0.1, 0.15) is 11.8 Å². The lowest BCUT2D eigenvalue weighted by atomic mass is 10.0. The quantitative estimate of drug-likeness (QED) is 0.479. The average molecular weight is 459 g/mol. The molecule has 6 heteroatoms. The molecule has 0 spiro atoms. The number of halogens is 1. The Bertz CT molecular complexity index is 866. The first-order chi connectivity index (χ1) is 15.2. The normalized spacial score (nSPS) is 12.8. The fraction of sp³-hybridized carbons (Fsp3) is 0.462. The number of amides is 2. The lowest BCUT2D eigenvalue weighted by Crippen LogP contribution is -2.51. The van der Waals surface area contributed by atoms with Gasteiger partial charge in [0.15, 0.2) is 6.61 Å². The SMILES string of the molecule is CC[C@@H](C)NC(=O)[C@@H](CC)N(Cc1ccc(Cl)cc1)C(=O)COc1ccc(C(C)C)cc1. The highest BCUT2D eigenvalue weighted by atomic mass is 35.5. The minimum atomic E-state index is -0.584. The van der Waals surface area contributed by atoms with E-state index in [9.17, 15) is 9.59 Å². The van der Waals surface area contributed by atoms with Crippen LogP contribution in [0.5, 0.6) is 5.75 Å². The van der Waals surface area contributed by atoms with Crippen molar-refractivity contribution in [3.63, 3.8) is 0 Å². The van der Waals surface area contributed by atoms with E-state index in [-0.39, 0.29) is 24.5 Å². The van der Waals surface area contributed by atoms with E-state index < -0.39 is 6.04 Å². The summed E-state index contributed by atoms with van der Waals surface area (Å²) in [5.74, 6) is 0.672. The molecule has 0 fully saturated rings. The molecule has 0 aliphatic rings. The monoisotopic (exact) mass is 458 g/mol. The van der Waals surface area contributed by atoms with Crippen LogP contribution >= 0.6 is 11.6 Å². The molecule has 0 saturated carbocycles. The van der Waals surface area contributed by atoms with E-state index in [0.717, 1.165) is 12.0 Å². The highest BCUT2D eigenvalue weighted by Crippen LogP contribution is 2.20. The predicted octanol–water partition coefficient (Wildman–Crippen LogP) is 5.56. The summed E-state index contributed by atoms with van der Waals surface area (Å²) in [5.41, 5.74) is 2.11. The molecule has 0 aliphatic carbocycles. The van der Waals surface area contributed by atoms with Crippen LogP contribution in [0.4, 0.5) is 0 Å². The molecule has 0 radical (unpaired) electrons. The molecule has 0 unspecified atom stereocenters. The van der Waals surface area contributed by atoms with E-state index in [1.807, 2.05) is 57.2 Å². The molecule has 1 N–H and O–H groups in total. The van der Waals surface area contributed by atoms with Gasteiger partial charge in [0, 0.05) is 17.6 Å². The van der Waals surface area contributed by atoms with Gasteiger partial charge in [0.05, 0.1) is 0 Å². The van der Waals surface area contributed by atoms with Gasteiger partial charge in [-0.2, -0.15) is 0 Å². The average Bonchev–Trinajstić information content (AvgIpc) is 2.78. The number of hydrogen-bond donors (Lipinski definition) is 1. The first-order valence-corrected chi connectivity index (χ1v) is 11.7. The fourth-order valence-electron chi connectivity index (χ4n) is 3.32. The highest BCUT2D eigenvalue weighted by Gasteiger charge is 2.29. The summed E-state index contributed by atoms with van der Waals surface area (Å²) in [5, 5.41) is 3.63. The number of hydrogen-bond acceptors (Lipinski definition) is 3. The van der Waals surface area contributed by atoms with Crippen molar-refractivity contribution in [3.8, 4) is 5.75 Å². The van der Waals surface area contributed by atoms with E-state index >= 15 is 0 Å². The van der Waals surface area contributed by atoms with Crippen LogP contribution in [-0.2, 0) is 16.1 Å². The maximum atomic E-state index is 13.2. The number of ether oxygens (including phenoxy) is 1. The zero-order chi connectivity index (χ0) is 23.7. The topological polar surface area (TPSA) is 58.6 Å². The third kappa shape index (κ3) is 7.56. The molecule has 0 bridgehead atoms. The molecule has 2 amide bonds. The smallest absolute Gasteiger partial charge is 0.261 e. The van der Waals surface area contributed by atoms with Crippen molar-refractivity contribution in [2.45, 2.75) is 72.0 Å². The number of rotatable bonds is 11. The fourth-order valence-corrected chi connectivity index (χ4v) is 3.45. The van der Waals surface area contributed by atoms with Gasteiger partial charge in [-0.1, -0.05) is 63.6 Å². The first kappa shape index (κ1) is 25.7. The Hall–Kier alpha value is -2.53. The summed E-state index contributed by atoms with van der Waals surface area (Å²) in [6, 6.07) is 14.5. The van der Waals surface area contributed by atoms with Gasteiger partial charge in [0.2, 0.25) is 5.91 Å². The van der Waals surface area contributed by atoms with Crippen molar-refractivity contribution in [1.82, 2.24) is 10.2 Å². The number of carbonyl (C=O) groups is 2. The summed E-state index contributed by atoms with van der Waals surface area (Å²) in [4.78, 5) is 27.8. The highest BCUT2D eigenvalue weighted by molar-refractivity contribution is 6.30. The molecule has 0 saturated heterocycles. The predicted molar refractivity (Wildman–Crippen MR) is 130 cm³/mol. The van der Waals surface area contributed by atoms with Crippen molar-refractivity contribution < 1.29 is 14.3 Å². The van der Waals surface area contributed by atoms with Gasteiger partial charge in [-0.15, -0.1) is 0 Å². The van der Waals surface area contributed by atoms with Crippen LogP contribution in [0.15, 0.2) is 48.5 Å². The third-order valence-corrected chi connectivity index (χ3v) is 5.81. The lowest BCUT2D eigenvalue weighted by Gasteiger charge is -2.31. The van der Waals surface area contributed by atoms with Crippen LogP contribution in [0.25, 0.3) is 0 Å². The van der Waals surface area contributed by atoms with Crippen molar-refractivity contribution in [2.24, 2.45) is 0 Å². The van der Waals surface area contributed by atoms with E-state index in [2.05, 4.69) is 19.2 Å². The minimum Gasteiger partial charge on any atom is -0.484 e. The first-order valence-electron chi connectivity index (χ1n) is 11.3. The Morgan fingerprint density at radius 3 is 2.12 bits per heavy atom. The van der Waals surface area contributed by atoms with Crippen LogP contribution in [0.3, 0.4) is 0 Å². The van der Waals surface area contributed by atoms with Gasteiger partial charge in [-0.3, -0.25) is 9.59 Å². The second-order valence-electron chi connectivity index (χ2n) is 8.40. The Balaban J connectivity index is 2.18. The molecule has 32 heavy (non-hydrogen) atoms. The number of carbonyl (C=O) groups excluding carboxylic acids is 2. The van der Waals surface area contributed by atoms with Gasteiger partial charge in [-0.05, 0) is 61.1 Å². The minimum absolute atomic E-state index is 0.0414. The summed E-state index contributed by atoms with van der Waals surface area (Å²) < 4.78 is 5.77. The molecule has 5 nitrogen and oxygen atoms in total. The summed E-state index contributed by atoms with van der Waals surface area (Å²) in [6.45, 7) is 10.3. The van der Waals surface area contributed by atoms with Gasteiger partial charge in [-0.25, -0.2) is 0 Å². The van der Waals surface area contributed by atoms with Crippen molar-refractivity contribution in [1.29, 1.82) is 0 Å². The Kier molecular flexibility index (Phi) is 10.0. The standard InChI is InChI=1S/C26H35ClN2O3/c1-6-19(5)28-26(31)24(7-2)29(16-20-8-12-22(27)13-9-20)25(30)17-32-23-14-10-21(11-15-23)18(3)4/h8-15,18-19,24H,6-7,16-17H2,1-5H3,(H,28,31)/t19-,24-/m1/s1. The van der Waals surface area contributed by atoms with Crippen LogP contribution in [-0.4, -0.2) is 35.4 Å². The van der Waals surface area contributed by atoms with E-state index in [1.54, 1.807) is 17.0 Å². The van der Waals surface area contributed by atoms with Gasteiger partial charge >= 0.3 is 0 Å². The van der Waals surface area contributed by atoms with Crippen molar-refractivity contribution in [2.75, 3.05) is 6.61 Å². The molecule has 0 aliphatic heterocycles. The van der Waals surface area contributed by atoms with E-state index in [0.29, 0.717) is 29.7 Å². The van der Waals surface area contributed by atoms with Crippen LogP contribution in [0.2, 0.25) is 5.02 Å². The summed E-state index contributed by atoms with van der Waals surface area (Å²) in [6.07, 6.45) is 1.33. The van der Waals surface area contributed by atoms with Crippen molar-refractivity contribution in [3.05, 3.63) is 64.7 Å².